The lowest BCUT2D eigenvalue weighted by atomic mass is 9.99. The van der Waals surface area contributed by atoms with Gasteiger partial charge in [0.15, 0.2) is 12.2 Å². The minimum absolute atomic E-state index is 0.107. The van der Waals surface area contributed by atoms with E-state index in [2.05, 4.69) is 55.4 Å². The van der Waals surface area contributed by atoms with Crippen molar-refractivity contribution >= 4 is 39.5 Å². The molecule has 0 rings (SSSR count). The number of carbonyl (C=O) groups is 4. The van der Waals surface area contributed by atoms with Crippen LogP contribution in [0.1, 0.15) is 466 Å². The van der Waals surface area contributed by atoms with Gasteiger partial charge in [0.2, 0.25) is 0 Å². The lowest BCUT2D eigenvalue weighted by molar-refractivity contribution is -0.161. The summed E-state index contributed by atoms with van der Waals surface area (Å²) in [5, 5.41) is 10.7. The Kier molecular flexibility index (Phi) is 76.2. The molecule has 0 radical (unpaired) electrons. The van der Waals surface area contributed by atoms with Crippen molar-refractivity contribution in [2.45, 2.75) is 485 Å². The van der Waals surface area contributed by atoms with E-state index in [1.807, 2.05) is 0 Å². The van der Waals surface area contributed by atoms with Crippen molar-refractivity contribution in [3.8, 4) is 0 Å². The molecule has 0 aliphatic rings. The number of hydrogen-bond acceptors (Lipinski definition) is 15. The van der Waals surface area contributed by atoms with Crippen LogP contribution in [0.15, 0.2) is 0 Å². The Balaban J connectivity index is 5.21. The zero-order valence-electron chi connectivity index (χ0n) is 71.5. The maximum atomic E-state index is 13.2. The topological polar surface area (TPSA) is 237 Å². The molecule has 0 saturated heterocycles. The van der Waals surface area contributed by atoms with E-state index in [0.717, 1.165) is 114 Å². The molecule has 0 spiro atoms. The number of unbranched alkanes of at least 4 members (excludes halogenated alkanes) is 51. The van der Waals surface area contributed by atoms with Crippen LogP contribution in [0.3, 0.4) is 0 Å². The highest BCUT2D eigenvalue weighted by Crippen LogP contribution is 2.45. The first kappa shape index (κ1) is 106. The minimum atomic E-state index is -4.97. The molecule has 0 aromatic rings. The normalized spacial score (nSPS) is 14.1. The maximum absolute atomic E-state index is 13.2. The van der Waals surface area contributed by atoms with E-state index >= 15 is 0 Å². The summed E-state index contributed by atoms with van der Waals surface area (Å²) < 4.78 is 69.0. The van der Waals surface area contributed by atoms with Crippen LogP contribution in [-0.4, -0.2) is 96.7 Å². The number of ether oxygens (including phenoxy) is 4. The highest BCUT2D eigenvalue weighted by Gasteiger charge is 2.31. The van der Waals surface area contributed by atoms with Gasteiger partial charge >= 0.3 is 39.5 Å². The first-order chi connectivity index (χ1) is 52.1. The molecule has 0 aliphatic carbocycles. The zero-order chi connectivity index (χ0) is 79.5. The van der Waals surface area contributed by atoms with Crippen molar-refractivity contribution < 1.29 is 80.2 Å². The predicted octanol–water partition coefficient (Wildman–Crippen LogP) is 27.1. The molecule has 0 saturated carbocycles. The van der Waals surface area contributed by atoms with E-state index in [1.165, 1.54) is 263 Å². The average Bonchev–Trinajstić information content (AvgIpc) is 0.915. The van der Waals surface area contributed by atoms with Crippen molar-refractivity contribution in [3.63, 3.8) is 0 Å². The van der Waals surface area contributed by atoms with Crippen molar-refractivity contribution in [1.29, 1.82) is 0 Å². The third-order valence-corrected chi connectivity index (χ3v) is 23.1. The summed E-state index contributed by atoms with van der Waals surface area (Å²) >= 11 is 0. The Labute approximate surface area is 664 Å². The number of aliphatic hydroxyl groups excluding tert-OH is 1. The average molecular weight is 1580 g/mol. The predicted molar refractivity (Wildman–Crippen MR) is 446 cm³/mol. The number of aliphatic hydroxyl groups is 1. The Morgan fingerprint density at radius 3 is 0.657 bits per heavy atom. The summed E-state index contributed by atoms with van der Waals surface area (Å²) in [7, 11) is -9.93. The minimum Gasteiger partial charge on any atom is -0.462 e. The molecular formula is C89H174O17P2. The molecule has 0 aromatic carbocycles. The number of carbonyl (C=O) groups excluding carboxylic acids is 4. The van der Waals surface area contributed by atoms with Gasteiger partial charge in [-0.25, -0.2) is 9.13 Å². The van der Waals surface area contributed by atoms with Gasteiger partial charge in [-0.05, 0) is 49.4 Å². The Morgan fingerprint density at radius 1 is 0.259 bits per heavy atom. The smallest absolute Gasteiger partial charge is 0.462 e. The third-order valence-electron chi connectivity index (χ3n) is 21.2. The Morgan fingerprint density at radius 2 is 0.444 bits per heavy atom. The van der Waals surface area contributed by atoms with Gasteiger partial charge in [0.25, 0.3) is 0 Å². The molecule has 0 heterocycles. The summed E-state index contributed by atoms with van der Waals surface area (Å²) in [5.41, 5.74) is 0. The van der Waals surface area contributed by atoms with E-state index in [4.69, 9.17) is 37.0 Å². The fraction of sp³-hybridized carbons (Fsp3) is 0.955. The molecule has 6 atom stereocenters. The molecule has 17 nitrogen and oxygen atoms in total. The molecular weight excluding hydrogens is 1400 g/mol. The summed E-state index contributed by atoms with van der Waals surface area (Å²) in [5.74, 6) is 1.08. The molecule has 0 amide bonds. The van der Waals surface area contributed by atoms with Gasteiger partial charge < -0.3 is 33.8 Å². The molecule has 3 N–H and O–H groups in total. The van der Waals surface area contributed by atoms with Crippen LogP contribution in [0.2, 0.25) is 0 Å². The number of phosphoric acid groups is 2. The first-order valence-electron chi connectivity index (χ1n) is 45.7. The SMILES string of the molecule is CCC(C)CCCCCCCCCCCCCCCCCCCCC(=O)OC[C@H](COP(=O)(O)OCC(O)COP(=O)(O)OC[C@@H](COC(=O)CCCCCCCCCC(C)C)OC(=O)CCCCCCCCCCCCCCCCCCC(C)C)OC(=O)CCCCCCCCCCCCCCCCC(C)C. The molecule has 642 valence electrons. The van der Waals surface area contributed by atoms with Crippen molar-refractivity contribution in [2.75, 3.05) is 39.6 Å². The van der Waals surface area contributed by atoms with Gasteiger partial charge in [-0.3, -0.25) is 37.3 Å². The number of hydrogen-bond donors (Lipinski definition) is 3. The van der Waals surface area contributed by atoms with Crippen LogP contribution in [-0.2, 0) is 65.4 Å². The first-order valence-corrected chi connectivity index (χ1v) is 48.7. The van der Waals surface area contributed by atoms with Crippen LogP contribution >= 0.6 is 15.6 Å². The third kappa shape index (κ3) is 80.7. The van der Waals surface area contributed by atoms with Crippen LogP contribution in [0.4, 0.5) is 0 Å². The van der Waals surface area contributed by atoms with E-state index in [9.17, 15) is 43.2 Å². The van der Waals surface area contributed by atoms with Crippen LogP contribution in [0.25, 0.3) is 0 Å². The van der Waals surface area contributed by atoms with Crippen LogP contribution < -0.4 is 0 Å². The second kappa shape index (κ2) is 77.6. The maximum Gasteiger partial charge on any atom is 0.472 e. The lowest BCUT2D eigenvalue weighted by Gasteiger charge is -2.21. The van der Waals surface area contributed by atoms with E-state index in [-0.39, 0.29) is 25.7 Å². The van der Waals surface area contributed by atoms with Gasteiger partial charge in [-0.2, -0.15) is 0 Å². The quantitative estimate of drug-likeness (QED) is 0.0222. The number of phosphoric ester groups is 2. The van der Waals surface area contributed by atoms with E-state index in [0.29, 0.717) is 31.6 Å². The summed E-state index contributed by atoms with van der Waals surface area (Å²) in [4.78, 5) is 73.3. The number of esters is 4. The lowest BCUT2D eigenvalue weighted by Crippen LogP contribution is -2.30. The molecule has 0 bridgehead atoms. The van der Waals surface area contributed by atoms with E-state index < -0.39 is 97.5 Å². The van der Waals surface area contributed by atoms with Crippen LogP contribution in [0.5, 0.6) is 0 Å². The van der Waals surface area contributed by atoms with Gasteiger partial charge in [-0.1, -0.05) is 415 Å². The molecule has 108 heavy (non-hydrogen) atoms. The second-order valence-corrected chi connectivity index (χ2v) is 36.6. The van der Waals surface area contributed by atoms with Crippen molar-refractivity contribution in [1.82, 2.24) is 0 Å². The van der Waals surface area contributed by atoms with Crippen LogP contribution in [0, 0.1) is 23.7 Å². The largest absolute Gasteiger partial charge is 0.472 e. The molecule has 19 heteroatoms. The van der Waals surface area contributed by atoms with Crippen molar-refractivity contribution in [3.05, 3.63) is 0 Å². The fourth-order valence-electron chi connectivity index (χ4n) is 13.8. The van der Waals surface area contributed by atoms with Gasteiger partial charge in [-0.15, -0.1) is 0 Å². The number of rotatable bonds is 86. The molecule has 0 aliphatic heterocycles. The highest BCUT2D eigenvalue weighted by molar-refractivity contribution is 7.47. The summed E-state index contributed by atoms with van der Waals surface area (Å²) in [6.45, 7) is 14.4. The Bertz CT molecular complexity index is 2100. The van der Waals surface area contributed by atoms with Crippen molar-refractivity contribution in [2.24, 2.45) is 23.7 Å². The molecule has 0 fully saturated rings. The second-order valence-electron chi connectivity index (χ2n) is 33.7. The van der Waals surface area contributed by atoms with Gasteiger partial charge in [0.05, 0.1) is 26.4 Å². The van der Waals surface area contributed by atoms with Gasteiger partial charge in [0, 0.05) is 25.7 Å². The summed E-state index contributed by atoms with van der Waals surface area (Å²) in [6.07, 6.45) is 68.2. The van der Waals surface area contributed by atoms with Gasteiger partial charge in [0.1, 0.15) is 19.3 Å². The van der Waals surface area contributed by atoms with E-state index in [1.54, 1.807) is 0 Å². The zero-order valence-corrected chi connectivity index (χ0v) is 73.3. The standard InChI is InChI=1S/C89H174O17P2/c1-9-82(8)68-60-52-44-36-30-24-17-12-10-11-13-18-25-31-37-45-53-61-69-86(91)99-75-84(105-88(93)72-64-56-47-39-33-27-21-20-23-29-35-42-50-58-66-80(4)5)77-103-107(95,96)101-73-83(90)74-102-108(97,98)104-78-85(76-100-87(92)70-62-54-48-40-43-51-59-67-81(6)7)106-89(94)71-63-55-46-38-32-26-19-15-14-16-22-28-34-41-49-57-65-79(2)3/h79-85,90H,9-78H2,1-8H3,(H,95,96)(H,97,98)/t82?,83?,84-,85-/m1/s1. The fourth-order valence-corrected chi connectivity index (χ4v) is 15.4. The highest BCUT2D eigenvalue weighted by atomic mass is 31.2. The summed E-state index contributed by atoms with van der Waals surface area (Å²) in [6, 6.07) is 0. The molecule has 0 aromatic heterocycles. The Hall–Kier alpha value is -1.94. The molecule has 4 unspecified atom stereocenters. The monoisotopic (exact) mass is 1580 g/mol.